The summed E-state index contributed by atoms with van der Waals surface area (Å²) in [5, 5.41) is 3.34. The van der Waals surface area contributed by atoms with E-state index in [0.717, 1.165) is 37.1 Å². The minimum absolute atomic E-state index is 0.337. The fourth-order valence-corrected chi connectivity index (χ4v) is 3.52. The SMILES string of the molecule is NC1CCCC(n2cnc3cnc4c(c32)CCN4)C1. The normalized spacial score (nSPS) is 26.4. The molecule has 2 aromatic heterocycles. The molecule has 2 aliphatic rings. The molecule has 4 rings (SSSR count). The van der Waals surface area contributed by atoms with E-state index in [2.05, 4.69) is 19.9 Å². The zero-order valence-electron chi connectivity index (χ0n) is 11.0. The monoisotopic (exact) mass is 257 g/mol. The third kappa shape index (κ3) is 1.72. The van der Waals surface area contributed by atoms with Gasteiger partial charge in [0.05, 0.1) is 18.0 Å². The van der Waals surface area contributed by atoms with Gasteiger partial charge in [-0.05, 0) is 32.1 Å². The van der Waals surface area contributed by atoms with Gasteiger partial charge in [-0.15, -0.1) is 0 Å². The summed E-state index contributed by atoms with van der Waals surface area (Å²) in [5.41, 5.74) is 9.75. The summed E-state index contributed by atoms with van der Waals surface area (Å²) < 4.78 is 2.35. The molecule has 19 heavy (non-hydrogen) atoms. The number of rotatable bonds is 1. The standard InChI is InChI=1S/C14H19N5/c15-9-2-1-3-10(6-9)19-8-18-12-7-17-14-11(13(12)19)4-5-16-14/h7-10H,1-6,15H2,(H,16,17). The van der Waals surface area contributed by atoms with E-state index in [4.69, 9.17) is 5.73 Å². The summed E-state index contributed by atoms with van der Waals surface area (Å²) in [5.74, 6) is 1.04. The molecule has 1 aliphatic carbocycles. The van der Waals surface area contributed by atoms with Gasteiger partial charge in [-0.25, -0.2) is 9.97 Å². The lowest BCUT2D eigenvalue weighted by Gasteiger charge is -2.28. The van der Waals surface area contributed by atoms with Crippen LogP contribution in [0.4, 0.5) is 5.82 Å². The van der Waals surface area contributed by atoms with Crippen LogP contribution in [0.25, 0.3) is 11.0 Å². The predicted molar refractivity (Wildman–Crippen MR) is 75.2 cm³/mol. The van der Waals surface area contributed by atoms with Crippen LogP contribution in [0.5, 0.6) is 0 Å². The van der Waals surface area contributed by atoms with Crippen LogP contribution in [-0.4, -0.2) is 27.1 Å². The van der Waals surface area contributed by atoms with Gasteiger partial charge in [0.25, 0.3) is 0 Å². The molecule has 3 heterocycles. The van der Waals surface area contributed by atoms with E-state index in [9.17, 15) is 0 Å². The Morgan fingerprint density at radius 1 is 1.32 bits per heavy atom. The lowest BCUT2D eigenvalue weighted by atomic mass is 9.91. The maximum atomic E-state index is 6.13. The van der Waals surface area contributed by atoms with Crippen molar-refractivity contribution in [2.45, 2.75) is 44.2 Å². The van der Waals surface area contributed by atoms with Gasteiger partial charge in [-0.3, -0.25) is 0 Å². The maximum Gasteiger partial charge on any atom is 0.131 e. The van der Waals surface area contributed by atoms with Gasteiger partial charge in [0.1, 0.15) is 11.3 Å². The number of hydrogen-bond acceptors (Lipinski definition) is 4. The highest BCUT2D eigenvalue weighted by Gasteiger charge is 2.25. The van der Waals surface area contributed by atoms with Crippen LogP contribution >= 0.6 is 0 Å². The molecule has 2 aromatic rings. The molecule has 0 radical (unpaired) electrons. The second-order valence-electron chi connectivity index (χ2n) is 5.73. The average Bonchev–Trinajstić information content (AvgIpc) is 3.04. The van der Waals surface area contributed by atoms with Crippen molar-refractivity contribution in [2.75, 3.05) is 11.9 Å². The number of hydrogen-bond donors (Lipinski definition) is 2. The zero-order valence-corrected chi connectivity index (χ0v) is 11.0. The lowest BCUT2D eigenvalue weighted by Crippen LogP contribution is -2.29. The summed E-state index contributed by atoms with van der Waals surface area (Å²) in [6, 6.07) is 0.838. The molecule has 0 bridgehead atoms. The van der Waals surface area contributed by atoms with Crippen LogP contribution in [0.2, 0.25) is 0 Å². The first-order valence-electron chi connectivity index (χ1n) is 7.17. The van der Waals surface area contributed by atoms with Crippen LogP contribution in [0.3, 0.4) is 0 Å². The number of aromatic nitrogens is 3. The summed E-state index contributed by atoms with van der Waals surface area (Å²) in [6.07, 6.45) is 9.56. The van der Waals surface area contributed by atoms with Crippen molar-refractivity contribution in [3.05, 3.63) is 18.1 Å². The fourth-order valence-electron chi connectivity index (χ4n) is 3.52. The minimum Gasteiger partial charge on any atom is -0.369 e. The maximum absolute atomic E-state index is 6.13. The molecule has 2 atom stereocenters. The Morgan fingerprint density at radius 2 is 2.26 bits per heavy atom. The van der Waals surface area contributed by atoms with Crippen molar-refractivity contribution >= 4 is 16.9 Å². The molecule has 1 fully saturated rings. The van der Waals surface area contributed by atoms with E-state index >= 15 is 0 Å². The molecule has 0 spiro atoms. The third-order valence-corrected chi connectivity index (χ3v) is 4.46. The number of pyridine rings is 1. The van der Waals surface area contributed by atoms with Crippen molar-refractivity contribution in [3.8, 4) is 0 Å². The van der Waals surface area contributed by atoms with Crippen LogP contribution in [0, 0.1) is 0 Å². The van der Waals surface area contributed by atoms with Crippen LogP contribution < -0.4 is 11.1 Å². The van der Waals surface area contributed by atoms with Crippen molar-refractivity contribution in [3.63, 3.8) is 0 Å². The summed E-state index contributed by atoms with van der Waals surface area (Å²) in [4.78, 5) is 8.98. The van der Waals surface area contributed by atoms with Crippen molar-refractivity contribution in [1.82, 2.24) is 14.5 Å². The summed E-state index contributed by atoms with van der Waals surface area (Å²) in [7, 11) is 0. The van der Waals surface area contributed by atoms with E-state index in [1.54, 1.807) is 0 Å². The Labute approximate surface area is 112 Å². The zero-order chi connectivity index (χ0) is 12.8. The molecule has 1 saturated carbocycles. The molecule has 5 heteroatoms. The van der Waals surface area contributed by atoms with Crippen LogP contribution in [0.1, 0.15) is 37.3 Å². The Morgan fingerprint density at radius 3 is 3.16 bits per heavy atom. The van der Waals surface area contributed by atoms with E-state index in [1.165, 1.54) is 23.9 Å². The van der Waals surface area contributed by atoms with Gasteiger partial charge in [-0.1, -0.05) is 0 Å². The molecule has 5 nitrogen and oxygen atoms in total. The molecule has 0 aromatic carbocycles. The van der Waals surface area contributed by atoms with Crippen molar-refractivity contribution in [2.24, 2.45) is 5.73 Å². The minimum atomic E-state index is 0.337. The van der Waals surface area contributed by atoms with E-state index < -0.39 is 0 Å². The number of nitrogens with one attached hydrogen (secondary N) is 1. The Hall–Kier alpha value is -1.62. The van der Waals surface area contributed by atoms with Crippen molar-refractivity contribution in [1.29, 1.82) is 0 Å². The number of nitrogens with two attached hydrogens (primary N) is 1. The molecule has 0 saturated heterocycles. The van der Waals surface area contributed by atoms with Crippen LogP contribution in [-0.2, 0) is 6.42 Å². The van der Waals surface area contributed by atoms with Gasteiger partial charge in [0, 0.05) is 24.2 Å². The second kappa shape index (κ2) is 4.20. The van der Waals surface area contributed by atoms with Crippen molar-refractivity contribution < 1.29 is 0 Å². The smallest absolute Gasteiger partial charge is 0.131 e. The summed E-state index contributed by atoms with van der Waals surface area (Å²) >= 11 is 0. The molecule has 3 N–H and O–H groups in total. The molecular weight excluding hydrogens is 238 g/mol. The quantitative estimate of drug-likeness (QED) is 0.818. The van der Waals surface area contributed by atoms with Gasteiger partial charge in [-0.2, -0.15) is 0 Å². The first-order valence-corrected chi connectivity index (χ1v) is 7.17. The van der Waals surface area contributed by atoms with E-state index in [0.29, 0.717) is 12.1 Å². The number of anilines is 1. The first-order chi connectivity index (χ1) is 9.33. The lowest BCUT2D eigenvalue weighted by molar-refractivity contribution is 0.325. The average molecular weight is 257 g/mol. The molecule has 0 amide bonds. The summed E-state index contributed by atoms with van der Waals surface area (Å²) in [6.45, 7) is 0.983. The Kier molecular flexibility index (Phi) is 2.48. The number of fused-ring (bicyclic) bond motifs is 3. The molecule has 1 aliphatic heterocycles. The Bertz CT molecular complexity index is 618. The number of imidazole rings is 1. The highest BCUT2D eigenvalue weighted by Crippen LogP contribution is 2.34. The van der Waals surface area contributed by atoms with Gasteiger partial charge < -0.3 is 15.6 Å². The highest BCUT2D eigenvalue weighted by molar-refractivity contribution is 5.83. The fraction of sp³-hybridized carbons (Fsp3) is 0.571. The van der Waals surface area contributed by atoms with Crippen LogP contribution in [0.15, 0.2) is 12.5 Å². The predicted octanol–water partition coefficient (Wildman–Crippen LogP) is 1.84. The molecule has 100 valence electrons. The second-order valence-corrected chi connectivity index (χ2v) is 5.73. The first kappa shape index (κ1) is 11.2. The highest BCUT2D eigenvalue weighted by atomic mass is 15.1. The van der Waals surface area contributed by atoms with Gasteiger partial charge in [0.15, 0.2) is 0 Å². The topological polar surface area (TPSA) is 68.8 Å². The molecule has 2 unspecified atom stereocenters. The number of nitrogens with zero attached hydrogens (tertiary/aromatic N) is 3. The van der Waals surface area contributed by atoms with E-state index in [1.807, 2.05) is 12.5 Å². The largest absolute Gasteiger partial charge is 0.369 e. The van der Waals surface area contributed by atoms with Gasteiger partial charge in [0.2, 0.25) is 0 Å². The van der Waals surface area contributed by atoms with Gasteiger partial charge >= 0.3 is 0 Å². The third-order valence-electron chi connectivity index (χ3n) is 4.46. The Balaban J connectivity index is 1.84. The van der Waals surface area contributed by atoms with E-state index in [-0.39, 0.29) is 0 Å². The molecular formula is C14H19N5.